The smallest absolute Gasteiger partial charge is 0.0707 e. The maximum Gasteiger partial charge on any atom is 0.0707 e. The summed E-state index contributed by atoms with van der Waals surface area (Å²) in [7, 11) is 0. The molecule has 3 aromatic heterocycles. The van der Waals surface area contributed by atoms with Gasteiger partial charge in [-0.15, -0.1) is 0 Å². The van der Waals surface area contributed by atoms with E-state index >= 15 is 0 Å². The minimum absolute atomic E-state index is 0.197. The van der Waals surface area contributed by atoms with Crippen LogP contribution in [0.3, 0.4) is 0 Å². The largest absolute Gasteiger partial charge is 0.355 e. The standard InChI is InChI=1S/C31H37N5/c1-16(2)28-20-8-10-22(33-20)29(17(3)4)24-12-14-26(35-24)31(19(7)32)27-15-13-25(36-27)30(18(5)6)23-11-9-21(28)34-23/h8-19,33-34H,32H2,1-7H3. The van der Waals surface area contributed by atoms with Crippen molar-refractivity contribution in [2.45, 2.75) is 72.3 Å². The second-order valence-corrected chi connectivity index (χ2v) is 10.9. The van der Waals surface area contributed by atoms with Crippen molar-refractivity contribution in [3.63, 3.8) is 0 Å². The first-order valence-electron chi connectivity index (χ1n) is 13.1. The molecule has 8 bridgehead atoms. The summed E-state index contributed by atoms with van der Waals surface area (Å²) in [5.74, 6) is 0.925. The van der Waals surface area contributed by atoms with Crippen molar-refractivity contribution in [2.75, 3.05) is 0 Å². The number of rotatable bonds is 4. The van der Waals surface area contributed by atoms with E-state index in [1.165, 1.54) is 16.7 Å². The van der Waals surface area contributed by atoms with Crippen LogP contribution in [0, 0.1) is 0 Å². The van der Waals surface area contributed by atoms with E-state index in [9.17, 15) is 0 Å². The molecule has 0 aliphatic carbocycles. The van der Waals surface area contributed by atoms with Crippen LogP contribution in [0.2, 0.25) is 0 Å². The molecule has 2 aliphatic rings. The van der Waals surface area contributed by atoms with Gasteiger partial charge in [0.05, 0.1) is 22.8 Å². The molecule has 0 radical (unpaired) electrons. The van der Waals surface area contributed by atoms with Crippen LogP contribution in [0.4, 0.5) is 0 Å². The molecular formula is C31H37N5. The Bertz CT molecular complexity index is 1430. The van der Waals surface area contributed by atoms with Gasteiger partial charge in [0.2, 0.25) is 0 Å². The Labute approximate surface area is 213 Å². The van der Waals surface area contributed by atoms with Crippen LogP contribution in [0.15, 0.2) is 24.3 Å². The first-order chi connectivity index (χ1) is 17.2. The molecular weight excluding hydrogens is 442 g/mol. The summed E-state index contributed by atoms with van der Waals surface area (Å²) in [6, 6.07) is 8.59. The molecule has 3 aromatic rings. The monoisotopic (exact) mass is 479 g/mol. The van der Waals surface area contributed by atoms with Crippen LogP contribution < -0.4 is 5.73 Å². The predicted octanol–water partition coefficient (Wildman–Crippen LogP) is 8.05. The third kappa shape index (κ3) is 4.11. The summed E-state index contributed by atoms with van der Waals surface area (Å²) in [6.45, 7) is 15.4. The average molecular weight is 480 g/mol. The van der Waals surface area contributed by atoms with Gasteiger partial charge in [-0.2, -0.15) is 0 Å². The first-order valence-corrected chi connectivity index (χ1v) is 13.1. The van der Waals surface area contributed by atoms with Gasteiger partial charge in [0.25, 0.3) is 0 Å². The van der Waals surface area contributed by atoms with Crippen LogP contribution in [-0.2, 0) is 0 Å². The van der Waals surface area contributed by atoms with Gasteiger partial charge >= 0.3 is 0 Å². The van der Waals surface area contributed by atoms with Crippen LogP contribution in [0.25, 0.3) is 46.4 Å². The third-order valence-electron chi connectivity index (χ3n) is 7.10. The van der Waals surface area contributed by atoms with Crippen LogP contribution >= 0.6 is 0 Å². The fraction of sp³-hybridized carbons (Fsp3) is 0.355. The molecule has 36 heavy (non-hydrogen) atoms. The van der Waals surface area contributed by atoms with E-state index in [1.54, 1.807) is 0 Å². The van der Waals surface area contributed by atoms with Crippen molar-refractivity contribution >= 4 is 46.4 Å². The van der Waals surface area contributed by atoms with E-state index in [0.29, 0.717) is 17.8 Å². The molecule has 1 unspecified atom stereocenters. The van der Waals surface area contributed by atoms with Crippen molar-refractivity contribution in [1.82, 2.24) is 19.9 Å². The third-order valence-corrected chi connectivity index (χ3v) is 7.10. The van der Waals surface area contributed by atoms with E-state index in [4.69, 9.17) is 15.7 Å². The summed E-state index contributed by atoms with van der Waals surface area (Å²) in [5, 5.41) is 0. The fourth-order valence-corrected chi connectivity index (χ4v) is 5.60. The highest BCUT2D eigenvalue weighted by Gasteiger charge is 2.20. The van der Waals surface area contributed by atoms with E-state index in [2.05, 4.69) is 100 Å². The highest BCUT2D eigenvalue weighted by molar-refractivity contribution is 5.84. The van der Waals surface area contributed by atoms with Gasteiger partial charge in [-0.05, 0) is 73.2 Å². The molecule has 4 N–H and O–H groups in total. The quantitative estimate of drug-likeness (QED) is 0.244. The second-order valence-electron chi connectivity index (χ2n) is 10.9. The second kappa shape index (κ2) is 9.21. The minimum Gasteiger partial charge on any atom is -0.355 e. The Balaban J connectivity index is 2.03. The van der Waals surface area contributed by atoms with E-state index in [-0.39, 0.29) is 6.04 Å². The van der Waals surface area contributed by atoms with Crippen LogP contribution in [0.5, 0.6) is 0 Å². The highest BCUT2D eigenvalue weighted by Crippen LogP contribution is 2.33. The van der Waals surface area contributed by atoms with E-state index in [1.807, 2.05) is 6.92 Å². The Kier molecular flexibility index (Phi) is 6.21. The molecule has 186 valence electrons. The lowest BCUT2D eigenvalue weighted by Gasteiger charge is -2.10. The predicted molar refractivity (Wildman–Crippen MR) is 154 cm³/mol. The van der Waals surface area contributed by atoms with Gasteiger partial charge in [-0.1, -0.05) is 41.5 Å². The molecule has 0 saturated carbocycles. The SMILES string of the molecule is CC(C)c1c2nc(c(C(C)N)c3nc(c(C(C)C)c4ccc([nH]4)c(C(C)C)c4ccc1[nH]4)C=C3)C=C2. The number of fused-ring (bicyclic) bond motifs is 8. The maximum atomic E-state index is 6.51. The lowest BCUT2D eigenvalue weighted by Crippen LogP contribution is -2.09. The molecule has 5 heterocycles. The lowest BCUT2D eigenvalue weighted by atomic mass is 10.0. The van der Waals surface area contributed by atoms with Crippen molar-refractivity contribution in [2.24, 2.45) is 5.73 Å². The minimum atomic E-state index is -0.197. The summed E-state index contributed by atoms with van der Waals surface area (Å²) in [4.78, 5) is 17.7. The molecule has 5 heteroatoms. The van der Waals surface area contributed by atoms with E-state index < -0.39 is 0 Å². The summed E-state index contributed by atoms with van der Waals surface area (Å²) in [6.07, 6.45) is 8.40. The topological polar surface area (TPSA) is 83.4 Å². The van der Waals surface area contributed by atoms with Gasteiger partial charge in [-0.3, -0.25) is 0 Å². The van der Waals surface area contributed by atoms with Crippen molar-refractivity contribution in [1.29, 1.82) is 0 Å². The molecule has 0 fully saturated rings. The molecule has 0 amide bonds. The van der Waals surface area contributed by atoms with Gasteiger partial charge in [0.1, 0.15) is 0 Å². The van der Waals surface area contributed by atoms with Gasteiger partial charge < -0.3 is 15.7 Å². The molecule has 5 nitrogen and oxygen atoms in total. The zero-order valence-electron chi connectivity index (χ0n) is 22.4. The number of nitrogens with one attached hydrogen (secondary N) is 2. The molecule has 1 atom stereocenters. The zero-order valence-corrected chi connectivity index (χ0v) is 22.4. The number of hydrogen-bond donors (Lipinski definition) is 3. The number of nitrogens with two attached hydrogens (primary N) is 1. The number of H-pyrrole nitrogens is 2. The van der Waals surface area contributed by atoms with Crippen molar-refractivity contribution < 1.29 is 0 Å². The van der Waals surface area contributed by atoms with Gasteiger partial charge in [0.15, 0.2) is 0 Å². The summed E-state index contributed by atoms with van der Waals surface area (Å²) >= 11 is 0. The van der Waals surface area contributed by atoms with Crippen LogP contribution in [0.1, 0.15) is 117 Å². The highest BCUT2D eigenvalue weighted by atomic mass is 14.8. The van der Waals surface area contributed by atoms with Crippen LogP contribution in [-0.4, -0.2) is 19.9 Å². The average Bonchev–Trinajstić information content (AvgIpc) is 3.57. The van der Waals surface area contributed by atoms with Gasteiger partial charge in [0, 0.05) is 50.4 Å². The summed E-state index contributed by atoms with van der Waals surface area (Å²) < 4.78 is 0. The number of nitrogens with zero attached hydrogens (tertiary/aromatic N) is 2. The van der Waals surface area contributed by atoms with Gasteiger partial charge in [-0.25, -0.2) is 9.97 Å². The maximum absolute atomic E-state index is 6.51. The molecule has 0 saturated heterocycles. The van der Waals surface area contributed by atoms with Crippen molar-refractivity contribution in [3.05, 3.63) is 69.3 Å². The summed E-state index contributed by atoms with van der Waals surface area (Å²) in [5.41, 5.74) is 19.4. The Morgan fingerprint density at radius 1 is 0.500 bits per heavy atom. The zero-order chi connectivity index (χ0) is 25.7. The van der Waals surface area contributed by atoms with E-state index in [0.717, 1.165) is 50.4 Å². The molecule has 0 aromatic carbocycles. The Hall–Kier alpha value is -3.44. The number of aromatic amines is 2. The Morgan fingerprint density at radius 2 is 0.806 bits per heavy atom. The van der Waals surface area contributed by atoms with Crippen molar-refractivity contribution in [3.8, 4) is 0 Å². The number of hydrogen-bond acceptors (Lipinski definition) is 3. The molecule has 2 aliphatic heterocycles. The first kappa shape index (κ1) is 24.3. The lowest BCUT2D eigenvalue weighted by molar-refractivity contribution is 0.802. The normalized spacial score (nSPS) is 14.0. The molecule has 0 spiro atoms. The fourth-order valence-electron chi connectivity index (χ4n) is 5.60. The molecule has 5 rings (SSSR count). The Morgan fingerprint density at radius 3 is 1.11 bits per heavy atom. The number of aromatic nitrogens is 4.